The number of hydrogen-bond donors (Lipinski definition) is 0. The number of nitrogens with zero attached hydrogens (tertiary/aromatic N) is 2. The first-order valence-corrected chi connectivity index (χ1v) is 56.0. The van der Waals surface area contributed by atoms with Gasteiger partial charge in [0.2, 0.25) is 0 Å². The fourth-order valence-electron chi connectivity index (χ4n) is 11.1. The van der Waals surface area contributed by atoms with Crippen molar-refractivity contribution in [3.63, 3.8) is 0 Å². The molecule has 0 unspecified atom stereocenters. The van der Waals surface area contributed by atoms with Crippen LogP contribution in [0.2, 0.25) is 69.1 Å². The Morgan fingerprint density at radius 3 is 0.676 bits per heavy atom. The van der Waals surface area contributed by atoms with Crippen molar-refractivity contribution in [2.75, 3.05) is 9.80 Å². The van der Waals surface area contributed by atoms with Crippen molar-refractivity contribution in [1.82, 2.24) is 0 Å². The average Bonchev–Trinajstić information content (AvgIpc) is 3.38. The van der Waals surface area contributed by atoms with Crippen molar-refractivity contribution in [2.24, 2.45) is 0 Å². The maximum absolute atomic E-state index is 2.47. The minimum atomic E-state index is -1.98. The second-order valence-corrected chi connectivity index (χ2v) is 67.3. The molecule has 0 heterocycles. The number of anilines is 6. The summed E-state index contributed by atoms with van der Waals surface area (Å²) >= 11 is -7.93. The molecule has 0 radical (unpaired) electrons. The van der Waals surface area contributed by atoms with Crippen LogP contribution in [0.1, 0.15) is 0 Å². The van der Waals surface area contributed by atoms with Crippen LogP contribution in [0, 0.1) is 0 Å². The van der Waals surface area contributed by atoms with E-state index in [1.807, 2.05) is 0 Å². The molecule has 11 aromatic carbocycles. The predicted octanol–water partition coefficient (Wildman–Crippen LogP) is 18.2. The van der Waals surface area contributed by atoms with Crippen molar-refractivity contribution < 1.29 is 0 Å². The van der Waals surface area contributed by atoms with Crippen molar-refractivity contribution in [2.45, 2.75) is 69.1 Å². The molecule has 2 nitrogen and oxygen atoms in total. The summed E-state index contributed by atoms with van der Waals surface area (Å²) in [6.07, 6.45) is 0. The van der Waals surface area contributed by atoms with Crippen LogP contribution in [0.15, 0.2) is 206 Å². The Morgan fingerprint density at radius 1 is 0.216 bits per heavy atom. The topological polar surface area (TPSA) is 6.48 Å². The Hall–Kier alpha value is -5.51. The summed E-state index contributed by atoms with van der Waals surface area (Å²) in [5.41, 5.74) is 12.1. The molecule has 0 saturated heterocycles. The number of fused-ring (bicyclic) bond motifs is 2. The Kier molecular flexibility index (Phi) is 13.2. The van der Waals surface area contributed by atoms with Gasteiger partial charge >= 0.3 is 409 Å². The van der Waals surface area contributed by atoms with Gasteiger partial charge in [-0.15, -0.1) is 0 Å². The molecule has 0 aromatic heterocycles. The fourth-order valence-corrected chi connectivity index (χ4v) is 20.9. The second kappa shape index (κ2) is 19.3. The van der Waals surface area contributed by atoms with Crippen molar-refractivity contribution in [3.8, 4) is 22.3 Å². The Morgan fingerprint density at radius 2 is 0.432 bits per heavy atom. The third kappa shape index (κ3) is 9.59. The molecule has 0 aliphatic heterocycles. The molecule has 0 aliphatic carbocycles. The molecule has 11 rings (SSSR count). The third-order valence-corrected chi connectivity index (χ3v) is 32.8. The van der Waals surface area contributed by atoms with Gasteiger partial charge in [0.15, 0.2) is 0 Å². The van der Waals surface area contributed by atoms with Crippen LogP contribution in [-0.4, -0.2) is 53.1 Å². The Balaban J connectivity index is 0.962. The summed E-state index contributed by atoms with van der Waals surface area (Å²) in [6, 6.07) is 79.5. The zero-order valence-electron chi connectivity index (χ0n) is 45.5. The summed E-state index contributed by atoms with van der Waals surface area (Å²) in [7, 11) is 0. The zero-order chi connectivity index (χ0) is 51.9. The van der Waals surface area contributed by atoms with Crippen LogP contribution in [0.3, 0.4) is 0 Å². The van der Waals surface area contributed by atoms with Gasteiger partial charge in [-0.2, -0.15) is 0 Å². The first kappa shape index (κ1) is 50.6. The van der Waals surface area contributed by atoms with Crippen molar-refractivity contribution in [3.05, 3.63) is 206 Å². The van der Waals surface area contributed by atoms with Crippen LogP contribution in [0.25, 0.3) is 65.3 Å². The molecule has 74 heavy (non-hydrogen) atoms. The van der Waals surface area contributed by atoms with E-state index in [0.29, 0.717) is 0 Å². The summed E-state index contributed by atoms with van der Waals surface area (Å²) < 4.78 is 6.09. The van der Waals surface area contributed by atoms with E-state index < -0.39 is 53.1 Å². The summed E-state index contributed by atoms with van der Waals surface area (Å²) in [4.78, 5) is 4.86. The van der Waals surface area contributed by atoms with E-state index in [4.69, 9.17) is 0 Å². The molecular weight excluding hydrogens is 1140 g/mol. The van der Waals surface area contributed by atoms with Crippen LogP contribution >= 0.6 is 0 Å². The first-order chi connectivity index (χ1) is 35.2. The minimum absolute atomic E-state index is 1.16. The maximum atomic E-state index is 2.47. The fraction of sp³-hybridized carbons (Fsp3) is 0.176. The van der Waals surface area contributed by atoms with Gasteiger partial charge in [0, 0.05) is 0 Å². The van der Waals surface area contributed by atoms with E-state index >= 15 is 0 Å². The SMILES string of the molecule is [CH3][Ge]([CH3])([CH3])[c]1ccc(N(c2ccc(-c3ccc4c5cccc6c(-c7ccc(N(c8cc[c]([Ge]([CH3])([CH3])[CH3])cc8)c8cc[c]([Ge]([CH3])([CH3])[CH3])cc8)cc7)ccc(c7cccc3c74)c65)cc2)c2cc[c]([Ge]([CH3])([CH3])[CH3])cc2)cc1. The van der Waals surface area contributed by atoms with E-state index in [0.717, 1.165) is 11.4 Å². The second-order valence-electron chi connectivity index (χ2n) is 24.7. The van der Waals surface area contributed by atoms with E-state index in [9.17, 15) is 0 Å². The molecule has 0 spiro atoms. The molecule has 0 aliphatic rings. The monoisotopic (exact) mass is 1210 g/mol. The molecule has 0 atom stereocenters. The molecular formula is C68H70Ge4N2. The van der Waals surface area contributed by atoms with Gasteiger partial charge in [-0.1, -0.05) is 24.3 Å². The van der Waals surface area contributed by atoms with E-state index in [1.165, 1.54) is 106 Å². The molecule has 368 valence electrons. The van der Waals surface area contributed by atoms with E-state index in [1.54, 1.807) is 0 Å². The Labute approximate surface area is 451 Å². The zero-order valence-corrected chi connectivity index (χ0v) is 53.9. The van der Waals surface area contributed by atoms with Gasteiger partial charge in [-0.25, -0.2) is 0 Å². The van der Waals surface area contributed by atoms with Crippen LogP contribution in [0.4, 0.5) is 34.1 Å². The molecule has 11 aromatic rings. The van der Waals surface area contributed by atoms with Gasteiger partial charge in [-0.05, 0) is 21.5 Å². The summed E-state index contributed by atoms with van der Waals surface area (Å²) in [5.74, 6) is 29.6. The van der Waals surface area contributed by atoms with Gasteiger partial charge in [-0.3, -0.25) is 0 Å². The molecule has 0 bridgehead atoms. The number of rotatable bonds is 12. The molecule has 0 fully saturated rings. The molecule has 0 N–H and O–H groups in total. The van der Waals surface area contributed by atoms with E-state index in [2.05, 4.69) is 285 Å². The van der Waals surface area contributed by atoms with Gasteiger partial charge in [0.05, 0.1) is 0 Å². The Bertz CT molecular complexity index is 3430. The third-order valence-electron chi connectivity index (χ3n) is 15.5. The van der Waals surface area contributed by atoms with Gasteiger partial charge in [0.1, 0.15) is 0 Å². The molecule has 6 heteroatoms. The van der Waals surface area contributed by atoms with E-state index in [-0.39, 0.29) is 0 Å². The van der Waals surface area contributed by atoms with Crippen LogP contribution < -0.4 is 27.4 Å². The first-order valence-electron chi connectivity index (χ1n) is 26.6. The van der Waals surface area contributed by atoms with Gasteiger partial charge in [0.25, 0.3) is 0 Å². The van der Waals surface area contributed by atoms with Crippen LogP contribution in [0.5, 0.6) is 0 Å². The van der Waals surface area contributed by atoms with Crippen molar-refractivity contribution >= 4 is 148 Å². The normalized spacial score (nSPS) is 12.6. The summed E-state index contributed by atoms with van der Waals surface area (Å²) in [6.45, 7) is 0. The predicted molar refractivity (Wildman–Crippen MR) is 340 cm³/mol. The number of benzene rings is 11. The van der Waals surface area contributed by atoms with Crippen molar-refractivity contribution in [1.29, 1.82) is 0 Å². The van der Waals surface area contributed by atoms with Gasteiger partial charge < -0.3 is 0 Å². The number of hydrogen-bond acceptors (Lipinski definition) is 2. The average molecular weight is 1210 g/mol. The molecule has 0 saturated carbocycles. The molecule has 0 amide bonds. The quantitative estimate of drug-likeness (QED) is 0.0683. The standard InChI is InChI=1S/C68H70Ge4N2/c1-69(2,3)49-23-35-55(36-24-49)73(56-37-25-50(26-38-56)70(4,5)6)53-31-19-47(20-32-53)59-43-45-65-64-18-14-16-62-60(44-46-66(68(62)64)63-17-13-15-61(59)67(63)65)48-21-33-54(34-22-48)74(57-39-27-51(28-40-57)71(7,8)9)58-41-29-52(30-42-58)72(10,11)12/h13-46H,1-12H3. The summed E-state index contributed by atoms with van der Waals surface area (Å²) in [5, 5.41) is 10.4. The van der Waals surface area contributed by atoms with Crippen LogP contribution in [-0.2, 0) is 0 Å².